The highest BCUT2D eigenvalue weighted by molar-refractivity contribution is 7.20. The molecule has 0 spiro atoms. The Labute approximate surface area is 98.0 Å². The summed E-state index contributed by atoms with van der Waals surface area (Å²) >= 11 is 6.74. The van der Waals surface area contributed by atoms with E-state index >= 15 is 0 Å². The minimum atomic E-state index is -1.06. The van der Waals surface area contributed by atoms with E-state index < -0.39 is 10.9 Å². The zero-order chi connectivity index (χ0) is 11.9. The number of thiophene rings is 1. The molecule has 7 heteroatoms. The van der Waals surface area contributed by atoms with Gasteiger partial charge in [0.15, 0.2) is 0 Å². The number of carboxylic acids is 1. The molecule has 0 aliphatic heterocycles. The van der Waals surface area contributed by atoms with Crippen molar-refractivity contribution in [2.45, 2.75) is 0 Å². The highest BCUT2D eigenvalue weighted by Gasteiger charge is 2.16. The molecule has 16 heavy (non-hydrogen) atoms. The molecule has 0 atom stereocenters. The van der Waals surface area contributed by atoms with E-state index in [1.165, 1.54) is 18.2 Å². The van der Waals surface area contributed by atoms with E-state index in [2.05, 4.69) is 0 Å². The molecule has 1 aromatic heterocycles. The highest BCUT2D eigenvalue weighted by Crippen LogP contribution is 2.34. The highest BCUT2D eigenvalue weighted by atomic mass is 35.5. The van der Waals surface area contributed by atoms with Crippen LogP contribution in [0, 0.1) is 10.1 Å². The van der Waals surface area contributed by atoms with Crippen molar-refractivity contribution >= 4 is 44.7 Å². The number of aromatic carboxylic acids is 1. The summed E-state index contributed by atoms with van der Waals surface area (Å²) in [4.78, 5) is 20.9. The summed E-state index contributed by atoms with van der Waals surface area (Å²) in [6.07, 6.45) is 0. The fourth-order valence-electron chi connectivity index (χ4n) is 1.30. The van der Waals surface area contributed by atoms with Crippen LogP contribution in [0.2, 0.25) is 5.02 Å². The minimum Gasteiger partial charge on any atom is -0.477 e. The Balaban J connectivity index is 2.70. The van der Waals surface area contributed by atoms with Crippen LogP contribution in [0.25, 0.3) is 10.1 Å². The molecule has 0 saturated heterocycles. The van der Waals surface area contributed by atoms with E-state index in [1.54, 1.807) is 0 Å². The maximum atomic E-state index is 10.7. The Morgan fingerprint density at radius 2 is 2.12 bits per heavy atom. The lowest BCUT2D eigenvalue weighted by Crippen LogP contribution is -1.89. The third-order valence-electron chi connectivity index (χ3n) is 1.99. The quantitative estimate of drug-likeness (QED) is 0.662. The second kappa shape index (κ2) is 3.73. The number of hydrogen-bond donors (Lipinski definition) is 1. The summed E-state index contributed by atoms with van der Waals surface area (Å²) < 4.78 is 0.619. The summed E-state index contributed by atoms with van der Waals surface area (Å²) in [5, 5.41) is 19.9. The number of rotatable bonds is 2. The lowest BCUT2D eigenvalue weighted by molar-refractivity contribution is -0.384. The number of fused-ring (bicyclic) bond motifs is 1. The molecule has 0 unspecified atom stereocenters. The average molecular weight is 258 g/mol. The first kappa shape index (κ1) is 10.8. The Kier molecular flexibility index (Phi) is 2.53. The monoisotopic (exact) mass is 257 g/mol. The van der Waals surface area contributed by atoms with Gasteiger partial charge in [0.25, 0.3) is 5.69 Å². The predicted molar refractivity (Wildman–Crippen MR) is 60.4 cm³/mol. The molecule has 2 rings (SSSR count). The maximum Gasteiger partial charge on any atom is 0.345 e. The van der Waals surface area contributed by atoms with Gasteiger partial charge in [-0.2, -0.15) is 0 Å². The smallest absolute Gasteiger partial charge is 0.345 e. The first-order chi connectivity index (χ1) is 7.49. The van der Waals surface area contributed by atoms with Crippen molar-refractivity contribution in [1.82, 2.24) is 0 Å². The molecule has 82 valence electrons. The van der Waals surface area contributed by atoms with Crippen LogP contribution in [0.4, 0.5) is 5.69 Å². The van der Waals surface area contributed by atoms with E-state index in [0.29, 0.717) is 10.1 Å². The Morgan fingerprint density at radius 3 is 2.69 bits per heavy atom. The molecule has 0 saturated carbocycles. The molecule has 0 amide bonds. The van der Waals surface area contributed by atoms with Crippen LogP contribution in [0.5, 0.6) is 0 Å². The topological polar surface area (TPSA) is 80.4 Å². The van der Waals surface area contributed by atoms with E-state index in [4.69, 9.17) is 16.7 Å². The van der Waals surface area contributed by atoms with Crippen molar-refractivity contribution < 1.29 is 14.8 Å². The van der Waals surface area contributed by atoms with Crippen LogP contribution in [-0.2, 0) is 0 Å². The van der Waals surface area contributed by atoms with Crippen molar-refractivity contribution in [2.24, 2.45) is 0 Å². The molecule has 5 nitrogen and oxygen atoms in total. The number of nitro benzene ring substituents is 1. The summed E-state index contributed by atoms with van der Waals surface area (Å²) in [5.41, 5.74) is -0.219. The van der Waals surface area contributed by atoms with Gasteiger partial charge in [0.2, 0.25) is 0 Å². The minimum absolute atomic E-state index is 0.0105. The van der Waals surface area contributed by atoms with Crippen molar-refractivity contribution in [3.63, 3.8) is 0 Å². The molecule has 0 fully saturated rings. The van der Waals surface area contributed by atoms with Crippen LogP contribution in [-0.4, -0.2) is 16.0 Å². The van der Waals surface area contributed by atoms with Gasteiger partial charge < -0.3 is 5.11 Å². The normalized spacial score (nSPS) is 10.6. The van der Waals surface area contributed by atoms with Crippen molar-refractivity contribution in [3.8, 4) is 0 Å². The van der Waals surface area contributed by atoms with E-state index in [-0.39, 0.29) is 15.6 Å². The lowest BCUT2D eigenvalue weighted by Gasteiger charge is -1.94. The molecule has 0 bridgehead atoms. The largest absolute Gasteiger partial charge is 0.477 e. The van der Waals surface area contributed by atoms with E-state index in [1.807, 2.05) is 0 Å². The van der Waals surface area contributed by atoms with Gasteiger partial charge in [0, 0.05) is 16.2 Å². The second-order valence-corrected chi connectivity index (χ2v) is 4.51. The molecule has 0 aliphatic carbocycles. The van der Waals surface area contributed by atoms with Crippen LogP contribution >= 0.6 is 22.9 Å². The standard InChI is InChI=1S/C9H4ClNO4S/c10-5-3-7-4(1-6(5)11(14)15)2-8(16-7)9(12)13/h1-3H,(H,12,13). The molecule has 1 N–H and O–H groups in total. The summed E-state index contributed by atoms with van der Waals surface area (Å²) in [6, 6.07) is 4.08. The van der Waals surface area contributed by atoms with Crippen LogP contribution < -0.4 is 0 Å². The van der Waals surface area contributed by atoms with Crippen molar-refractivity contribution in [2.75, 3.05) is 0 Å². The number of halogens is 1. The average Bonchev–Trinajstić information content (AvgIpc) is 2.58. The number of carbonyl (C=O) groups is 1. The zero-order valence-electron chi connectivity index (χ0n) is 7.64. The first-order valence-corrected chi connectivity index (χ1v) is 5.29. The molecule has 1 heterocycles. The van der Waals surface area contributed by atoms with Gasteiger partial charge in [-0.05, 0) is 12.1 Å². The van der Waals surface area contributed by atoms with Crippen LogP contribution in [0.3, 0.4) is 0 Å². The number of hydrogen-bond acceptors (Lipinski definition) is 4. The number of carboxylic acid groups (broad SMARTS) is 1. The number of nitrogens with zero attached hydrogens (tertiary/aromatic N) is 1. The number of benzene rings is 1. The van der Waals surface area contributed by atoms with Gasteiger partial charge in [0.05, 0.1) is 4.92 Å². The lowest BCUT2D eigenvalue weighted by atomic mass is 10.2. The number of nitro groups is 1. The summed E-state index contributed by atoms with van der Waals surface area (Å²) in [5.74, 6) is -1.06. The fourth-order valence-corrected chi connectivity index (χ4v) is 2.52. The third-order valence-corrected chi connectivity index (χ3v) is 3.38. The van der Waals surface area contributed by atoms with E-state index in [0.717, 1.165) is 11.3 Å². The summed E-state index contributed by atoms with van der Waals surface area (Å²) in [6.45, 7) is 0. The van der Waals surface area contributed by atoms with Crippen molar-refractivity contribution in [3.05, 3.63) is 38.2 Å². The molecule has 1 aromatic carbocycles. The third kappa shape index (κ3) is 1.72. The van der Waals surface area contributed by atoms with Crippen LogP contribution in [0.15, 0.2) is 18.2 Å². The summed E-state index contributed by atoms with van der Waals surface area (Å²) in [7, 11) is 0. The predicted octanol–water partition coefficient (Wildman–Crippen LogP) is 3.16. The van der Waals surface area contributed by atoms with E-state index in [9.17, 15) is 14.9 Å². The fraction of sp³-hybridized carbons (Fsp3) is 0. The SMILES string of the molecule is O=C(O)c1cc2cc([N+](=O)[O-])c(Cl)cc2s1. The maximum absolute atomic E-state index is 10.7. The van der Waals surface area contributed by atoms with Crippen LogP contribution in [0.1, 0.15) is 9.67 Å². The molecular weight excluding hydrogens is 254 g/mol. The second-order valence-electron chi connectivity index (χ2n) is 3.01. The van der Waals surface area contributed by atoms with Crippen molar-refractivity contribution in [1.29, 1.82) is 0 Å². The molecule has 2 aromatic rings. The molecule has 0 aliphatic rings. The molecule has 0 radical (unpaired) electrons. The Hall–Kier alpha value is -1.66. The van der Waals surface area contributed by atoms with Gasteiger partial charge in [-0.3, -0.25) is 10.1 Å². The first-order valence-electron chi connectivity index (χ1n) is 4.10. The van der Waals surface area contributed by atoms with Gasteiger partial charge in [-0.25, -0.2) is 4.79 Å². The van der Waals surface area contributed by atoms with Gasteiger partial charge in [0.1, 0.15) is 9.90 Å². The van der Waals surface area contributed by atoms with Gasteiger partial charge in [-0.15, -0.1) is 11.3 Å². The Bertz CT molecular complexity index is 607. The van der Waals surface area contributed by atoms with Gasteiger partial charge >= 0.3 is 5.97 Å². The zero-order valence-corrected chi connectivity index (χ0v) is 9.21. The Morgan fingerprint density at radius 1 is 1.44 bits per heavy atom. The molecular formula is C9H4ClNO4S. The van der Waals surface area contributed by atoms with Gasteiger partial charge in [-0.1, -0.05) is 11.6 Å².